The SMILES string of the molecule is O=C(Nc1cnsc1OC1CCCNCC1)c1ccc(F)c(-c2c(F)cccc2F)n1. The molecule has 6 nitrogen and oxygen atoms in total. The predicted octanol–water partition coefficient (Wildman–Crippen LogP) is 4.40. The summed E-state index contributed by atoms with van der Waals surface area (Å²) in [6.07, 6.45) is 4.16. The number of rotatable bonds is 5. The van der Waals surface area contributed by atoms with Crippen molar-refractivity contribution in [3.63, 3.8) is 0 Å². The highest BCUT2D eigenvalue weighted by atomic mass is 32.1. The van der Waals surface area contributed by atoms with Gasteiger partial charge in [0.15, 0.2) is 0 Å². The molecule has 10 heteroatoms. The Kier molecular flexibility index (Phi) is 6.47. The van der Waals surface area contributed by atoms with Gasteiger partial charge in [0, 0.05) is 11.5 Å². The summed E-state index contributed by atoms with van der Waals surface area (Å²) < 4.78 is 52.5. The van der Waals surface area contributed by atoms with Crippen molar-refractivity contribution in [1.82, 2.24) is 14.7 Å². The molecule has 0 saturated carbocycles. The molecule has 1 saturated heterocycles. The minimum absolute atomic E-state index is 0.00526. The van der Waals surface area contributed by atoms with Gasteiger partial charge in [-0.05, 0) is 56.6 Å². The molecule has 3 aromatic rings. The number of anilines is 1. The van der Waals surface area contributed by atoms with Gasteiger partial charge >= 0.3 is 0 Å². The van der Waals surface area contributed by atoms with E-state index in [-0.39, 0.29) is 11.8 Å². The van der Waals surface area contributed by atoms with Crippen molar-refractivity contribution in [3.05, 3.63) is 59.7 Å². The Morgan fingerprint density at radius 1 is 1.10 bits per heavy atom. The standard InChI is InChI=1S/C21H19F3N4O2S/c22-13-4-1-5-14(23)18(13)19-15(24)6-7-16(27-19)20(29)28-17-11-26-31-21(17)30-12-3-2-9-25-10-8-12/h1,4-7,11-12,25H,2-3,8-10H2,(H,28,29). The zero-order valence-corrected chi connectivity index (χ0v) is 17.1. The summed E-state index contributed by atoms with van der Waals surface area (Å²) in [6.45, 7) is 1.79. The summed E-state index contributed by atoms with van der Waals surface area (Å²) in [5.41, 5.74) is -1.04. The van der Waals surface area contributed by atoms with Crippen LogP contribution in [0.3, 0.4) is 0 Å². The van der Waals surface area contributed by atoms with E-state index in [0.29, 0.717) is 10.8 Å². The van der Waals surface area contributed by atoms with Crippen LogP contribution in [0.25, 0.3) is 11.3 Å². The second-order valence-corrected chi connectivity index (χ2v) is 7.79. The maximum Gasteiger partial charge on any atom is 0.274 e. The zero-order chi connectivity index (χ0) is 21.8. The van der Waals surface area contributed by atoms with Crippen molar-refractivity contribution < 1.29 is 22.7 Å². The lowest BCUT2D eigenvalue weighted by Gasteiger charge is -2.16. The average Bonchev–Trinajstić information content (AvgIpc) is 3.01. The molecular formula is C21H19F3N4O2S. The fourth-order valence-corrected chi connectivity index (χ4v) is 3.94. The minimum Gasteiger partial charge on any atom is -0.478 e. The molecule has 31 heavy (non-hydrogen) atoms. The number of halogens is 3. The molecule has 1 amide bonds. The molecule has 3 heterocycles. The third kappa shape index (κ3) is 4.86. The Morgan fingerprint density at radius 3 is 2.71 bits per heavy atom. The Hall–Kier alpha value is -2.98. The topological polar surface area (TPSA) is 76.1 Å². The summed E-state index contributed by atoms with van der Waals surface area (Å²) >= 11 is 1.11. The average molecular weight is 448 g/mol. The van der Waals surface area contributed by atoms with E-state index < -0.39 is 34.6 Å². The molecule has 1 aliphatic rings. The van der Waals surface area contributed by atoms with Gasteiger partial charge in [0.1, 0.15) is 40.6 Å². The van der Waals surface area contributed by atoms with Crippen LogP contribution in [0.15, 0.2) is 36.5 Å². The number of nitrogens with zero attached hydrogens (tertiary/aromatic N) is 2. The number of benzene rings is 1. The number of ether oxygens (including phenoxy) is 1. The molecule has 2 aromatic heterocycles. The van der Waals surface area contributed by atoms with E-state index in [1.54, 1.807) is 0 Å². The van der Waals surface area contributed by atoms with Crippen molar-refractivity contribution in [2.75, 3.05) is 18.4 Å². The molecule has 162 valence electrons. The summed E-state index contributed by atoms with van der Waals surface area (Å²) in [6, 6.07) is 5.25. The number of carbonyl (C=O) groups is 1. The van der Waals surface area contributed by atoms with E-state index in [9.17, 15) is 18.0 Å². The molecule has 1 unspecified atom stereocenters. The van der Waals surface area contributed by atoms with Crippen LogP contribution in [0.4, 0.5) is 18.9 Å². The molecule has 0 spiro atoms. The maximum atomic E-state index is 14.3. The second kappa shape index (κ2) is 9.44. The van der Waals surface area contributed by atoms with E-state index in [2.05, 4.69) is 20.0 Å². The molecule has 0 radical (unpaired) electrons. The highest BCUT2D eigenvalue weighted by Gasteiger charge is 2.21. The van der Waals surface area contributed by atoms with Gasteiger partial charge in [-0.3, -0.25) is 4.79 Å². The van der Waals surface area contributed by atoms with Crippen LogP contribution in [0.2, 0.25) is 0 Å². The molecule has 1 aromatic carbocycles. The quantitative estimate of drug-likeness (QED) is 0.605. The van der Waals surface area contributed by atoms with Crippen molar-refractivity contribution >= 4 is 23.1 Å². The number of amides is 1. The number of nitrogens with one attached hydrogen (secondary N) is 2. The van der Waals surface area contributed by atoms with E-state index in [1.165, 1.54) is 6.20 Å². The molecule has 0 aliphatic carbocycles. The van der Waals surface area contributed by atoms with Crippen LogP contribution in [-0.2, 0) is 0 Å². The normalized spacial score (nSPS) is 16.5. The van der Waals surface area contributed by atoms with Gasteiger partial charge in [-0.25, -0.2) is 18.2 Å². The third-order valence-electron chi connectivity index (χ3n) is 4.86. The number of carbonyl (C=O) groups excluding carboxylic acids is 1. The Morgan fingerprint density at radius 2 is 1.90 bits per heavy atom. The van der Waals surface area contributed by atoms with Crippen molar-refractivity contribution in [3.8, 4) is 16.3 Å². The van der Waals surface area contributed by atoms with E-state index in [0.717, 1.165) is 74.2 Å². The van der Waals surface area contributed by atoms with Gasteiger partial charge in [0.25, 0.3) is 5.91 Å². The van der Waals surface area contributed by atoms with Crippen molar-refractivity contribution in [1.29, 1.82) is 0 Å². The van der Waals surface area contributed by atoms with Crippen LogP contribution in [0, 0.1) is 17.5 Å². The Balaban J connectivity index is 1.54. The maximum absolute atomic E-state index is 14.3. The lowest BCUT2D eigenvalue weighted by molar-refractivity contribution is 0.102. The van der Waals surface area contributed by atoms with Gasteiger partial charge in [-0.2, -0.15) is 4.37 Å². The Labute approximate surface area is 180 Å². The number of hydrogen-bond donors (Lipinski definition) is 2. The summed E-state index contributed by atoms with van der Waals surface area (Å²) in [4.78, 5) is 16.6. The monoisotopic (exact) mass is 448 g/mol. The smallest absolute Gasteiger partial charge is 0.274 e. The first kappa shape index (κ1) is 21.3. The van der Waals surface area contributed by atoms with Gasteiger partial charge in [0.05, 0.1) is 11.8 Å². The third-order valence-corrected chi connectivity index (χ3v) is 5.55. The fourth-order valence-electron chi connectivity index (χ4n) is 3.31. The van der Waals surface area contributed by atoms with Crippen LogP contribution in [0.1, 0.15) is 29.8 Å². The number of pyridine rings is 1. The van der Waals surface area contributed by atoms with Crippen LogP contribution >= 0.6 is 11.5 Å². The molecule has 1 aliphatic heterocycles. The first-order valence-corrected chi connectivity index (χ1v) is 10.5. The number of aromatic nitrogens is 2. The molecule has 0 bridgehead atoms. The van der Waals surface area contributed by atoms with Gasteiger partial charge in [0.2, 0.25) is 5.06 Å². The van der Waals surface area contributed by atoms with E-state index in [4.69, 9.17) is 4.74 Å². The summed E-state index contributed by atoms with van der Waals surface area (Å²) in [5, 5.41) is 6.40. The first-order chi connectivity index (χ1) is 15.0. The van der Waals surface area contributed by atoms with Crippen molar-refractivity contribution in [2.24, 2.45) is 0 Å². The van der Waals surface area contributed by atoms with Crippen LogP contribution in [-0.4, -0.2) is 34.5 Å². The van der Waals surface area contributed by atoms with Gasteiger partial charge < -0.3 is 15.4 Å². The second-order valence-electron chi connectivity index (χ2n) is 7.03. The lowest BCUT2D eigenvalue weighted by atomic mass is 10.1. The highest BCUT2D eigenvalue weighted by Crippen LogP contribution is 2.32. The lowest BCUT2D eigenvalue weighted by Crippen LogP contribution is -2.20. The molecule has 1 fully saturated rings. The van der Waals surface area contributed by atoms with Gasteiger partial charge in [-0.1, -0.05) is 6.07 Å². The number of hydrogen-bond acceptors (Lipinski definition) is 6. The van der Waals surface area contributed by atoms with Crippen molar-refractivity contribution in [2.45, 2.75) is 25.4 Å². The van der Waals surface area contributed by atoms with E-state index >= 15 is 0 Å². The summed E-state index contributed by atoms with van der Waals surface area (Å²) in [7, 11) is 0. The minimum atomic E-state index is -0.973. The molecule has 1 atom stereocenters. The zero-order valence-electron chi connectivity index (χ0n) is 16.3. The Bertz CT molecular complexity index is 1060. The highest BCUT2D eigenvalue weighted by molar-refractivity contribution is 7.08. The van der Waals surface area contributed by atoms with Gasteiger partial charge in [-0.15, -0.1) is 0 Å². The molecular weight excluding hydrogens is 429 g/mol. The first-order valence-electron chi connectivity index (χ1n) is 9.77. The summed E-state index contributed by atoms with van der Waals surface area (Å²) in [5.74, 6) is -3.56. The largest absolute Gasteiger partial charge is 0.478 e. The predicted molar refractivity (Wildman–Crippen MR) is 111 cm³/mol. The van der Waals surface area contributed by atoms with E-state index in [1.807, 2.05) is 0 Å². The van der Waals surface area contributed by atoms with Crippen LogP contribution in [0.5, 0.6) is 5.06 Å². The van der Waals surface area contributed by atoms with Crippen LogP contribution < -0.4 is 15.4 Å². The molecule has 2 N–H and O–H groups in total. The molecule has 4 rings (SSSR count). The fraction of sp³-hybridized carbons (Fsp3) is 0.286.